The third-order valence-corrected chi connectivity index (χ3v) is 4.17. The van der Waals surface area contributed by atoms with Crippen molar-refractivity contribution in [2.75, 3.05) is 12.9 Å². The van der Waals surface area contributed by atoms with Crippen molar-refractivity contribution in [3.05, 3.63) is 54.7 Å². The lowest BCUT2D eigenvalue weighted by Gasteiger charge is -2.10. The molecule has 0 N–H and O–H groups in total. The third kappa shape index (κ3) is 3.17. The molecule has 0 bridgehead atoms. The molecule has 22 heavy (non-hydrogen) atoms. The number of fused-ring (bicyclic) bond motifs is 1. The summed E-state index contributed by atoms with van der Waals surface area (Å²) in [6, 6.07) is 15.8. The van der Waals surface area contributed by atoms with Crippen LogP contribution < -0.4 is 9.47 Å². The van der Waals surface area contributed by atoms with Crippen molar-refractivity contribution >= 4 is 22.7 Å². The van der Waals surface area contributed by atoms with Crippen LogP contribution in [0.2, 0.25) is 0 Å². The van der Waals surface area contributed by atoms with Crippen LogP contribution in [-0.2, 0) is 0 Å². The molecule has 2 aromatic carbocycles. The standard InChI is InChI=1S/C18H17NO2S/c1-3-22-15-7-4-13(5-8-15)21-18-10-11-19-17-12-14(20-2)6-9-16(17)18/h4-12H,3H2,1-2H3. The van der Waals surface area contributed by atoms with Crippen molar-refractivity contribution in [3.8, 4) is 17.2 Å². The molecule has 3 nitrogen and oxygen atoms in total. The fourth-order valence-electron chi connectivity index (χ4n) is 2.22. The number of ether oxygens (including phenoxy) is 2. The van der Waals surface area contributed by atoms with Gasteiger partial charge in [-0.2, -0.15) is 0 Å². The van der Waals surface area contributed by atoms with Crippen LogP contribution in [0, 0.1) is 0 Å². The van der Waals surface area contributed by atoms with Crippen LogP contribution in [0.15, 0.2) is 59.6 Å². The lowest BCUT2D eigenvalue weighted by molar-refractivity contribution is 0.415. The van der Waals surface area contributed by atoms with Crippen LogP contribution in [0.25, 0.3) is 10.9 Å². The Kier molecular flexibility index (Phi) is 4.49. The van der Waals surface area contributed by atoms with E-state index in [0.717, 1.165) is 33.9 Å². The maximum atomic E-state index is 6.01. The van der Waals surface area contributed by atoms with Gasteiger partial charge >= 0.3 is 0 Å². The van der Waals surface area contributed by atoms with Crippen molar-refractivity contribution in [1.29, 1.82) is 0 Å². The molecule has 0 aliphatic rings. The number of thioether (sulfide) groups is 1. The summed E-state index contributed by atoms with van der Waals surface area (Å²) in [5.41, 5.74) is 0.856. The molecule has 0 saturated carbocycles. The SMILES string of the molecule is CCSc1ccc(Oc2ccnc3cc(OC)ccc23)cc1. The van der Waals surface area contributed by atoms with Crippen LogP contribution in [-0.4, -0.2) is 17.8 Å². The highest BCUT2D eigenvalue weighted by Gasteiger charge is 2.06. The summed E-state index contributed by atoms with van der Waals surface area (Å²) in [5.74, 6) is 3.47. The first-order chi connectivity index (χ1) is 10.8. The molecule has 0 amide bonds. The Bertz CT molecular complexity index is 772. The second-order valence-electron chi connectivity index (χ2n) is 4.70. The van der Waals surface area contributed by atoms with Crippen LogP contribution in [0.1, 0.15) is 6.92 Å². The number of benzene rings is 2. The third-order valence-electron chi connectivity index (χ3n) is 3.27. The van der Waals surface area contributed by atoms with E-state index < -0.39 is 0 Å². The second kappa shape index (κ2) is 6.71. The van der Waals surface area contributed by atoms with Gasteiger partial charge in [0.1, 0.15) is 17.2 Å². The van der Waals surface area contributed by atoms with Crippen molar-refractivity contribution in [3.63, 3.8) is 0 Å². The van der Waals surface area contributed by atoms with E-state index in [2.05, 4.69) is 24.0 Å². The minimum Gasteiger partial charge on any atom is -0.497 e. The lowest BCUT2D eigenvalue weighted by Crippen LogP contribution is -1.89. The number of aromatic nitrogens is 1. The van der Waals surface area contributed by atoms with Crippen LogP contribution in [0.4, 0.5) is 0 Å². The van der Waals surface area contributed by atoms with Crippen molar-refractivity contribution < 1.29 is 9.47 Å². The number of nitrogens with zero attached hydrogens (tertiary/aromatic N) is 1. The summed E-state index contributed by atoms with van der Waals surface area (Å²) in [6.07, 6.45) is 1.75. The molecule has 0 radical (unpaired) electrons. The Morgan fingerprint density at radius 1 is 1.00 bits per heavy atom. The van der Waals surface area contributed by atoms with Gasteiger partial charge in [0.25, 0.3) is 0 Å². The summed E-state index contributed by atoms with van der Waals surface area (Å²) in [7, 11) is 1.65. The number of pyridine rings is 1. The van der Waals surface area contributed by atoms with Gasteiger partial charge in [-0.1, -0.05) is 6.92 Å². The number of hydrogen-bond donors (Lipinski definition) is 0. The van der Waals surface area contributed by atoms with Gasteiger partial charge in [-0.25, -0.2) is 0 Å². The number of rotatable bonds is 5. The molecule has 1 aromatic heterocycles. The zero-order valence-electron chi connectivity index (χ0n) is 12.6. The van der Waals surface area contributed by atoms with Crippen LogP contribution in [0.3, 0.4) is 0 Å². The smallest absolute Gasteiger partial charge is 0.138 e. The molecule has 112 valence electrons. The van der Waals surface area contributed by atoms with Crippen molar-refractivity contribution in [1.82, 2.24) is 4.98 Å². The predicted octanol–water partition coefficient (Wildman–Crippen LogP) is 5.15. The first-order valence-electron chi connectivity index (χ1n) is 7.13. The Hall–Kier alpha value is -2.20. The van der Waals surface area contributed by atoms with Gasteiger partial charge in [-0.05, 0) is 48.2 Å². The highest BCUT2D eigenvalue weighted by atomic mass is 32.2. The average Bonchev–Trinajstić information content (AvgIpc) is 2.56. The van der Waals surface area contributed by atoms with Crippen molar-refractivity contribution in [2.45, 2.75) is 11.8 Å². The summed E-state index contributed by atoms with van der Waals surface area (Å²) in [4.78, 5) is 5.62. The van der Waals surface area contributed by atoms with E-state index >= 15 is 0 Å². The number of hydrogen-bond acceptors (Lipinski definition) is 4. The maximum absolute atomic E-state index is 6.01. The normalized spacial score (nSPS) is 10.6. The van der Waals surface area contributed by atoms with Gasteiger partial charge < -0.3 is 9.47 Å². The minimum atomic E-state index is 0.790. The molecule has 0 atom stereocenters. The topological polar surface area (TPSA) is 31.4 Å². The van der Waals surface area contributed by atoms with Crippen LogP contribution >= 0.6 is 11.8 Å². The van der Waals surface area contributed by atoms with E-state index in [-0.39, 0.29) is 0 Å². The quantitative estimate of drug-likeness (QED) is 0.610. The Labute approximate surface area is 134 Å². The first kappa shape index (κ1) is 14.7. The largest absolute Gasteiger partial charge is 0.497 e. The van der Waals surface area contributed by atoms with Gasteiger partial charge in [-0.15, -0.1) is 11.8 Å². The summed E-state index contributed by atoms with van der Waals surface area (Å²) >= 11 is 1.82. The van der Waals surface area contributed by atoms with Crippen LogP contribution in [0.5, 0.6) is 17.2 Å². The summed E-state index contributed by atoms with van der Waals surface area (Å²) in [6.45, 7) is 2.15. The van der Waals surface area contributed by atoms with Gasteiger partial charge in [0.15, 0.2) is 0 Å². The summed E-state index contributed by atoms with van der Waals surface area (Å²) < 4.78 is 11.2. The summed E-state index contributed by atoms with van der Waals surface area (Å²) in [5, 5.41) is 0.968. The van der Waals surface area contributed by atoms with E-state index in [9.17, 15) is 0 Å². The molecule has 4 heteroatoms. The highest BCUT2D eigenvalue weighted by molar-refractivity contribution is 7.99. The van der Waals surface area contributed by atoms with E-state index in [4.69, 9.17) is 9.47 Å². The van der Waals surface area contributed by atoms with Gasteiger partial charge in [0, 0.05) is 22.5 Å². The van der Waals surface area contributed by atoms with E-state index in [1.165, 1.54) is 4.90 Å². The molecule has 0 spiro atoms. The second-order valence-corrected chi connectivity index (χ2v) is 6.04. The monoisotopic (exact) mass is 311 g/mol. The molecule has 0 aliphatic heterocycles. The lowest BCUT2D eigenvalue weighted by atomic mass is 10.2. The molecule has 0 unspecified atom stereocenters. The Morgan fingerprint density at radius 3 is 2.50 bits per heavy atom. The Balaban J connectivity index is 1.90. The zero-order valence-corrected chi connectivity index (χ0v) is 13.4. The molecule has 0 saturated heterocycles. The van der Waals surface area contributed by atoms with E-state index in [1.807, 2.05) is 48.2 Å². The van der Waals surface area contributed by atoms with Crippen molar-refractivity contribution in [2.24, 2.45) is 0 Å². The minimum absolute atomic E-state index is 0.790. The van der Waals surface area contributed by atoms with Gasteiger partial charge in [-0.3, -0.25) is 4.98 Å². The zero-order chi connectivity index (χ0) is 15.4. The van der Waals surface area contributed by atoms with E-state index in [1.54, 1.807) is 13.3 Å². The molecular formula is C18H17NO2S. The Morgan fingerprint density at radius 2 is 1.77 bits per heavy atom. The molecular weight excluding hydrogens is 294 g/mol. The maximum Gasteiger partial charge on any atom is 0.138 e. The fraction of sp³-hybridized carbons (Fsp3) is 0.167. The van der Waals surface area contributed by atoms with E-state index in [0.29, 0.717) is 0 Å². The molecule has 0 aliphatic carbocycles. The first-order valence-corrected chi connectivity index (χ1v) is 8.12. The van der Waals surface area contributed by atoms with Gasteiger partial charge in [0.05, 0.1) is 12.6 Å². The fourth-order valence-corrected chi connectivity index (χ4v) is 2.88. The molecule has 0 fully saturated rings. The predicted molar refractivity (Wildman–Crippen MR) is 91.2 cm³/mol. The number of methoxy groups -OCH3 is 1. The highest BCUT2D eigenvalue weighted by Crippen LogP contribution is 2.31. The average molecular weight is 311 g/mol. The van der Waals surface area contributed by atoms with Gasteiger partial charge in [0.2, 0.25) is 0 Å². The molecule has 1 heterocycles. The molecule has 3 rings (SSSR count). The molecule has 3 aromatic rings.